The van der Waals surface area contributed by atoms with Crippen LogP contribution >= 0.6 is 23.4 Å². The predicted molar refractivity (Wildman–Crippen MR) is 67.1 cm³/mol. The molecule has 1 aromatic heterocycles. The first-order valence-electron chi connectivity index (χ1n) is 4.88. The zero-order valence-electron chi connectivity index (χ0n) is 9.07. The van der Waals surface area contributed by atoms with Crippen LogP contribution in [0.3, 0.4) is 0 Å². The minimum absolute atomic E-state index is 0.473. The molecule has 2 nitrogen and oxygen atoms in total. The van der Waals surface area contributed by atoms with Crippen molar-refractivity contribution in [3.63, 3.8) is 0 Å². The molecule has 0 aliphatic heterocycles. The molecule has 1 aromatic carbocycles. The monoisotopic (exact) mass is 250 g/mol. The molecule has 0 unspecified atom stereocenters. The molecule has 0 saturated carbocycles. The zero-order valence-corrected chi connectivity index (χ0v) is 10.6. The molecule has 0 fully saturated rings. The van der Waals surface area contributed by atoms with Crippen LogP contribution in [0.5, 0.6) is 0 Å². The van der Waals surface area contributed by atoms with Crippen molar-refractivity contribution < 1.29 is 0 Å². The quantitative estimate of drug-likeness (QED) is 0.756. The Morgan fingerprint density at radius 2 is 1.88 bits per heavy atom. The molecule has 0 atom stereocenters. The molecule has 0 aliphatic carbocycles. The fourth-order valence-corrected chi connectivity index (χ4v) is 2.37. The SMILES string of the molecule is Cc1ccc(Sc2cc(Cl)ncn2)cc1C. The molecule has 1 heterocycles. The van der Waals surface area contributed by atoms with E-state index in [1.807, 2.05) is 0 Å². The Morgan fingerprint density at radius 1 is 1.06 bits per heavy atom. The Kier molecular flexibility index (Phi) is 3.46. The summed E-state index contributed by atoms with van der Waals surface area (Å²) in [5, 5.41) is 1.34. The first-order valence-corrected chi connectivity index (χ1v) is 6.07. The Hall–Kier alpha value is -1.06. The molecule has 0 N–H and O–H groups in total. The van der Waals surface area contributed by atoms with Gasteiger partial charge in [-0.1, -0.05) is 29.4 Å². The molecule has 2 rings (SSSR count). The van der Waals surface area contributed by atoms with Gasteiger partial charge >= 0.3 is 0 Å². The topological polar surface area (TPSA) is 25.8 Å². The Morgan fingerprint density at radius 3 is 2.56 bits per heavy atom. The summed E-state index contributed by atoms with van der Waals surface area (Å²) in [6.45, 7) is 4.21. The van der Waals surface area contributed by atoms with Crippen molar-refractivity contribution in [2.45, 2.75) is 23.8 Å². The van der Waals surface area contributed by atoms with Gasteiger partial charge in [-0.25, -0.2) is 9.97 Å². The van der Waals surface area contributed by atoms with Gasteiger partial charge in [0.05, 0.1) is 0 Å². The largest absolute Gasteiger partial charge is 0.230 e. The second kappa shape index (κ2) is 4.85. The number of benzene rings is 1. The summed E-state index contributed by atoms with van der Waals surface area (Å²) in [5.41, 5.74) is 2.58. The summed E-state index contributed by atoms with van der Waals surface area (Å²) in [6, 6.07) is 8.11. The molecular formula is C12H11ClN2S. The highest BCUT2D eigenvalue weighted by atomic mass is 35.5. The maximum atomic E-state index is 5.80. The van der Waals surface area contributed by atoms with Crippen molar-refractivity contribution in [1.82, 2.24) is 9.97 Å². The number of hydrogen-bond donors (Lipinski definition) is 0. The van der Waals surface area contributed by atoms with Crippen LogP contribution in [-0.2, 0) is 0 Å². The first-order chi connectivity index (χ1) is 7.65. The lowest BCUT2D eigenvalue weighted by molar-refractivity contribution is 1.05. The molecule has 82 valence electrons. The lowest BCUT2D eigenvalue weighted by atomic mass is 10.1. The molecule has 2 aromatic rings. The number of aromatic nitrogens is 2. The minimum Gasteiger partial charge on any atom is -0.230 e. The number of halogens is 1. The Bertz CT molecular complexity index is 514. The van der Waals surface area contributed by atoms with Crippen LogP contribution in [0.15, 0.2) is 40.5 Å². The molecule has 0 aliphatic rings. The van der Waals surface area contributed by atoms with E-state index in [4.69, 9.17) is 11.6 Å². The van der Waals surface area contributed by atoms with E-state index >= 15 is 0 Å². The summed E-state index contributed by atoms with van der Waals surface area (Å²) >= 11 is 7.39. The lowest BCUT2D eigenvalue weighted by Crippen LogP contribution is -1.84. The van der Waals surface area contributed by atoms with Crippen molar-refractivity contribution in [3.05, 3.63) is 46.9 Å². The number of rotatable bonds is 2. The van der Waals surface area contributed by atoms with E-state index in [9.17, 15) is 0 Å². The van der Waals surface area contributed by atoms with E-state index in [-0.39, 0.29) is 0 Å². The van der Waals surface area contributed by atoms with Crippen molar-refractivity contribution >= 4 is 23.4 Å². The van der Waals surface area contributed by atoms with E-state index in [0.29, 0.717) is 5.15 Å². The summed E-state index contributed by atoms with van der Waals surface area (Å²) in [4.78, 5) is 9.17. The average Bonchev–Trinajstić information content (AvgIpc) is 2.24. The van der Waals surface area contributed by atoms with Gasteiger partial charge in [-0.2, -0.15) is 0 Å². The van der Waals surface area contributed by atoms with Gasteiger partial charge in [0.2, 0.25) is 0 Å². The van der Waals surface area contributed by atoms with Gasteiger partial charge in [-0.15, -0.1) is 0 Å². The maximum Gasteiger partial charge on any atom is 0.133 e. The third-order valence-electron chi connectivity index (χ3n) is 2.31. The van der Waals surface area contributed by atoms with Crippen molar-refractivity contribution in [2.75, 3.05) is 0 Å². The van der Waals surface area contributed by atoms with E-state index < -0.39 is 0 Å². The lowest BCUT2D eigenvalue weighted by Gasteiger charge is -2.04. The fraction of sp³-hybridized carbons (Fsp3) is 0.167. The molecule has 0 saturated heterocycles. The summed E-state index contributed by atoms with van der Waals surface area (Å²) in [5.74, 6) is 0. The number of hydrogen-bond acceptors (Lipinski definition) is 3. The Balaban J connectivity index is 2.24. The highest BCUT2D eigenvalue weighted by Gasteiger charge is 2.01. The van der Waals surface area contributed by atoms with E-state index in [0.717, 1.165) is 9.92 Å². The van der Waals surface area contributed by atoms with Gasteiger partial charge < -0.3 is 0 Å². The van der Waals surface area contributed by atoms with Gasteiger partial charge in [0.15, 0.2) is 0 Å². The van der Waals surface area contributed by atoms with Gasteiger partial charge in [0.1, 0.15) is 16.5 Å². The smallest absolute Gasteiger partial charge is 0.133 e. The van der Waals surface area contributed by atoms with E-state index in [2.05, 4.69) is 42.0 Å². The van der Waals surface area contributed by atoms with Crippen LogP contribution in [-0.4, -0.2) is 9.97 Å². The predicted octanol–water partition coefficient (Wildman–Crippen LogP) is 3.90. The van der Waals surface area contributed by atoms with E-state index in [1.165, 1.54) is 17.5 Å². The normalized spacial score (nSPS) is 10.4. The first kappa shape index (κ1) is 11.4. The molecular weight excluding hydrogens is 240 g/mol. The summed E-state index contributed by atoms with van der Waals surface area (Å²) in [6.07, 6.45) is 1.48. The zero-order chi connectivity index (χ0) is 11.5. The van der Waals surface area contributed by atoms with E-state index in [1.54, 1.807) is 17.8 Å². The van der Waals surface area contributed by atoms with Crippen molar-refractivity contribution in [2.24, 2.45) is 0 Å². The summed E-state index contributed by atoms with van der Waals surface area (Å²) < 4.78 is 0. The maximum absolute atomic E-state index is 5.80. The van der Waals surface area contributed by atoms with Crippen molar-refractivity contribution in [1.29, 1.82) is 0 Å². The van der Waals surface area contributed by atoms with Crippen LogP contribution < -0.4 is 0 Å². The Labute approximate surface area is 104 Å². The van der Waals surface area contributed by atoms with Crippen LogP contribution in [0, 0.1) is 13.8 Å². The number of nitrogens with zero attached hydrogens (tertiary/aromatic N) is 2. The molecule has 0 bridgehead atoms. The number of aryl methyl sites for hydroxylation is 2. The molecule has 0 amide bonds. The summed E-state index contributed by atoms with van der Waals surface area (Å²) in [7, 11) is 0. The molecule has 0 radical (unpaired) electrons. The van der Waals surface area contributed by atoms with Gasteiger partial charge in [-0.05, 0) is 37.1 Å². The van der Waals surface area contributed by atoms with Gasteiger partial charge in [0.25, 0.3) is 0 Å². The standard InChI is InChI=1S/C12H11ClN2S/c1-8-3-4-10(5-9(8)2)16-12-6-11(13)14-7-15-12/h3-7H,1-2H3. The van der Waals surface area contributed by atoms with Crippen molar-refractivity contribution in [3.8, 4) is 0 Å². The van der Waals surface area contributed by atoms with Gasteiger partial charge in [-0.3, -0.25) is 0 Å². The highest BCUT2D eigenvalue weighted by Crippen LogP contribution is 2.28. The minimum atomic E-state index is 0.473. The van der Waals surface area contributed by atoms with Gasteiger partial charge in [0, 0.05) is 11.0 Å². The van der Waals surface area contributed by atoms with Crippen LogP contribution in [0.1, 0.15) is 11.1 Å². The molecule has 16 heavy (non-hydrogen) atoms. The second-order valence-corrected chi connectivity index (χ2v) is 5.01. The third-order valence-corrected chi connectivity index (χ3v) is 3.44. The van der Waals surface area contributed by atoms with Crippen LogP contribution in [0.25, 0.3) is 0 Å². The average molecular weight is 251 g/mol. The van der Waals surface area contributed by atoms with Crippen LogP contribution in [0.4, 0.5) is 0 Å². The van der Waals surface area contributed by atoms with Crippen LogP contribution in [0.2, 0.25) is 5.15 Å². The second-order valence-electron chi connectivity index (χ2n) is 3.53. The third kappa shape index (κ3) is 2.74. The highest BCUT2D eigenvalue weighted by molar-refractivity contribution is 7.99. The molecule has 4 heteroatoms. The fourth-order valence-electron chi connectivity index (χ4n) is 1.27. The molecule has 0 spiro atoms.